The molecule has 1 saturated heterocycles. The number of hydrogen-bond acceptors (Lipinski definition) is 7. The lowest BCUT2D eigenvalue weighted by Crippen LogP contribution is -2.44. The van der Waals surface area contributed by atoms with Crippen LogP contribution in [-0.4, -0.2) is 57.4 Å². The molecule has 1 aliphatic rings. The predicted octanol–water partition coefficient (Wildman–Crippen LogP) is 6.64. The minimum absolute atomic E-state index is 0.0604. The molecule has 2 heterocycles. The van der Waals surface area contributed by atoms with Crippen LogP contribution in [0.2, 0.25) is 5.02 Å². The fourth-order valence-corrected chi connectivity index (χ4v) is 6.15. The van der Waals surface area contributed by atoms with Crippen molar-refractivity contribution < 1.29 is 23.0 Å². The van der Waals surface area contributed by atoms with Crippen molar-refractivity contribution in [1.82, 2.24) is 4.90 Å². The summed E-state index contributed by atoms with van der Waals surface area (Å²) in [6.07, 6.45) is 3.20. The largest absolute Gasteiger partial charge is 0.481 e. The summed E-state index contributed by atoms with van der Waals surface area (Å²) in [5.41, 5.74) is 7.21. The summed E-state index contributed by atoms with van der Waals surface area (Å²) < 4.78 is 48.0. The Bertz CT molecular complexity index is 1520. The lowest BCUT2D eigenvalue weighted by Gasteiger charge is -2.33. The fourth-order valence-electron chi connectivity index (χ4n) is 4.91. The molecule has 1 aliphatic heterocycles. The smallest absolute Gasteiger partial charge is 0.210 e. The van der Waals surface area contributed by atoms with E-state index in [1.165, 1.54) is 19.2 Å². The van der Waals surface area contributed by atoms with Crippen molar-refractivity contribution in [1.29, 1.82) is 5.26 Å². The third kappa shape index (κ3) is 5.65. The van der Waals surface area contributed by atoms with E-state index in [2.05, 4.69) is 0 Å². The average Bonchev–Trinajstić information content (AvgIpc) is 3.11. The molecule has 4 rings (SSSR count). The van der Waals surface area contributed by atoms with Gasteiger partial charge in [0.25, 0.3) is 0 Å². The zero-order valence-electron chi connectivity index (χ0n) is 22.8. The number of rotatable bonds is 7. The fraction of sp³-hybridized carbons (Fsp3) is 0.379. The monoisotopic (exact) mass is 588 g/mol. The molecule has 2 N–H and O–H groups in total. The Kier molecular flexibility index (Phi) is 9.64. The van der Waals surface area contributed by atoms with Gasteiger partial charge in [-0.1, -0.05) is 24.6 Å². The number of nitriles is 1. The van der Waals surface area contributed by atoms with Crippen LogP contribution in [0, 0.1) is 29.9 Å². The minimum Gasteiger partial charge on any atom is -0.481 e. The van der Waals surface area contributed by atoms with Gasteiger partial charge in [0.2, 0.25) is 5.88 Å². The van der Waals surface area contributed by atoms with Gasteiger partial charge in [0, 0.05) is 36.8 Å². The first-order chi connectivity index (χ1) is 19.3. The first-order valence-corrected chi connectivity index (χ1v) is 14.0. The summed E-state index contributed by atoms with van der Waals surface area (Å²) in [6.45, 7) is 5.53. The molecule has 1 fully saturated rings. The highest BCUT2D eigenvalue weighted by Crippen LogP contribution is 2.44. The summed E-state index contributed by atoms with van der Waals surface area (Å²) in [6, 6.07) is 6.25. The molecule has 1 aromatic heterocycles. The Hall–Kier alpha value is -3.23. The molecular formula is C29H31ClF2N4O3S. The van der Waals surface area contributed by atoms with Crippen LogP contribution in [0.15, 0.2) is 35.2 Å². The molecule has 40 heavy (non-hydrogen) atoms. The van der Waals surface area contributed by atoms with Crippen LogP contribution >= 0.6 is 22.9 Å². The van der Waals surface area contributed by atoms with Crippen molar-refractivity contribution in [2.24, 2.45) is 4.99 Å². The second kappa shape index (κ2) is 13.0. The summed E-state index contributed by atoms with van der Waals surface area (Å²) in [7, 11) is 3.16. The third-order valence-electron chi connectivity index (χ3n) is 6.85. The van der Waals surface area contributed by atoms with Gasteiger partial charge >= 0.3 is 0 Å². The van der Waals surface area contributed by atoms with E-state index in [4.69, 9.17) is 36.5 Å². The maximum absolute atomic E-state index is 16.4. The highest BCUT2D eigenvalue weighted by Gasteiger charge is 2.30. The van der Waals surface area contributed by atoms with Crippen molar-refractivity contribution in [3.05, 3.63) is 63.5 Å². The molecule has 3 aromatic rings. The number of amidine groups is 1. The number of ether oxygens (including phenoxy) is 3. The molecule has 0 spiro atoms. The number of fused-ring (bicyclic) bond motifs is 1. The molecule has 1 unspecified atom stereocenters. The first-order valence-electron chi connectivity index (χ1n) is 12.8. The van der Waals surface area contributed by atoms with Gasteiger partial charge in [-0.25, -0.2) is 8.78 Å². The average molecular weight is 589 g/mol. The van der Waals surface area contributed by atoms with Crippen molar-refractivity contribution in [3.63, 3.8) is 0 Å². The number of nitrogen functional groups attached to an aromatic ring is 1. The normalized spacial score (nSPS) is 16.8. The van der Waals surface area contributed by atoms with Crippen molar-refractivity contribution in [2.75, 3.05) is 46.3 Å². The van der Waals surface area contributed by atoms with Crippen LogP contribution in [-0.2, 0) is 14.2 Å². The highest BCUT2D eigenvalue weighted by atomic mass is 35.5. The summed E-state index contributed by atoms with van der Waals surface area (Å²) >= 11 is 7.76. The van der Waals surface area contributed by atoms with E-state index >= 15 is 4.39 Å². The molecule has 0 radical (unpaired) electrons. The Balaban J connectivity index is 1.98. The Morgan fingerprint density at radius 3 is 2.80 bits per heavy atom. The summed E-state index contributed by atoms with van der Waals surface area (Å²) in [4.78, 5) is 6.87. The number of nitrogens with two attached hydrogens (primary N) is 1. The van der Waals surface area contributed by atoms with Gasteiger partial charge < -0.3 is 24.8 Å². The number of methoxy groups -OCH3 is 2. The molecule has 0 bridgehead atoms. The van der Waals surface area contributed by atoms with Crippen molar-refractivity contribution in [2.45, 2.75) is 32.7 Å². The molecule has 2 aromatic carbocycles. The van der Waals surface area contributed by atoms with Gasteiger partial charge in [-0.3, -0.25) is 0 Å². The van der Waals surface area contributed by atoms with Gasteiger partial charge in [0.1, 0.15) is 28.5 Å². The maximum Gasteiger partial charge on any atom is 0.210 e. The molecule has 0 amide bonds. The van der Waals surface area contributed by atoms with Gasteiger partial charge in [0.15, 0.2) is 0 Å². The lowest BCUT2D eigenvalue weighted by atomic mass is 9.94. The number of anilines is 1. The number of nitrogens with zero attached hydrogens (tertiary/aromatic N) is 3. The van der Waals surface area contributed by atoms with Crippen LogP contribution < -0.4 is 5.73 Å². The minimum atomic E-state index is -0.607. The molecular weight excluding hydrogens is 558 g/mol. The lowest BCUT2D eigenvalue weighted by molar-refractivity contribution is 0.127. The van der Waals surface area contributed by atoms with Crippen LogP contribution in [0.3, 0.4) is 0 Å². The highest BCUT2D eigenvalue weighted by molar-refractivity contribution is 7.23. The van der Waals surface area contributed by atoms with Gasteiger partial charge in [0.05, 0.1) is 41.7 Å². The zero-order valence-corrected chi connectivity index (χ0v) is 24.4. The van der Waals surface area contributed by atoms with Gasteiger partial charge in [-0.05, 0) is 49.1 Å². The molecule has 7 nitrogen and oxygen atoms in total. The van der Waals surface area contributed by atoms with Gasteiger partial charge in [-0.2, -0.15) is 10.3 Å². The molecule has 1 atom stereocenters. The van der Waals surface area contributed by atoms with E-state index in [0.717, 1.165) is 11.3 Å². The number of hydrogen-bond donors (Lipinski definition) is 1. The number of allylic oxidation sites excluding steroid dienone is 1. The van der Waals surface area contributed by atoms with E-state index in [1.54, 1.807) is 20.1 Å². The van der Waals surface area contributed by atoms with E-state index in [-0.39, 0.29) is 42.8 Å². The molecule has 11 heteroatoms. The van der Waals surface area contributed by atoms with Crippen LogP contribution in [0.1, 0.15) is 36.5 Å². The SMILES string of the molecule is CC/C=C(/N=C(\c1cc(Cl)c(-c2ccc(F)c3sc(N)c(C#N)c23)c(F)c1C)N1CCOCCC1COC)OC. The topological polar surface area (TPSA) is 93.1 Å². The number of benzene rings is 2. The van der Waals surface area contributed by atoms with E-state index in [1.807, 2.05) is 24.0 Å². The van der Waals surface area contributed by atoms with Crippen molar-refractivity contribution in [3.8, 4) is 17.2 Å². The van der Waals surface area contributed by atoms with Crippen LogP contribution in [0.25, 0.3) is 21.2 Å². The second-order valence-corrected chi connectivity index (χ2v) is 10.7. The predicted molar refractivity (Wildman–Crippen MR) is 156 cm³/mol. The summed E-state index contributed by atoms with van der Waals surface area (Å²) in [5.74, 6) is -0.296. The van der Waals surface area contributed by atoms with Crippen molar-refractivity contribution >= 4 is 43.9 Å². The Morgan fingerprint density at radius 2 is 2.12 bits per heavy atom. The van der Waals surface area contributed by atoms with E-state index in [9.17, 15) is 9.65 Å². The first kappa shape index (κ1) is 29.7. The summed E-state index contributed by atoms with van der Waals surface area (Å²) in [5, 5.41) is 10.2. The second-order valence-electron chi connectivity index (χ2n) is 9.27. The number of halogens is 3. The van der Waals surface area contributed by atoms with Crippen LogP contribution in [0.5, 0.6) is 0 Å². The Labute approximate surface area is 241 Å². The Morgan fingerprint density at radius 1 is 1.35 bits per heavy atom. The zero-order chi connectivity index (χ0) is 29.0. The van der Waals surface area contributed by atoms with Gasteiger partial charge in [-0.15, -0.1) is 11.3 Å². The molecule has 212 valence electrons. The quantitative estimate of drug-likeness (QED) is 0.189. The van der Waals surface area contributed by atoms with E-state index in [0.29, 0.717) is 62.1 Å². The van der Waals surface area contributed by atoms with E-state index < -0.39 is 11.6 Å². The maximum atomic E-state index is 16.4. The van der Waals surface area contributed by atoms with Crippen LogP contribution in [0.4, 0.5) is 13.8 Å². The molecule has 0 saturated carbocycles. The third-order valence-corrected chi connectivity index (χ3v) is 8.18. The number of thiophene rings is 1. The molecule has 0 aliphatic carbocycles. The number of aliphatic imine (C=N–C) groups is 1. The standard InChI is InChI=1S/C29H31ClF2N4O3S/c1-5-6-23(38-4)35-29(36-10-12-39-11-9-17(36)15-37-3)19-13-21(30)25(26(32)16(19)2)18-7-8-22(31)27-24(18)20(14-33)28(34)40-27/h6-8,13,17H,5,9-12,15,34H2,1-4H3/b23-6-,35-29+.